The van der Waals surface area contributed by atoms with Crippen LogP contribution in [0.1, 0.15) is 56.6 Å². The first kappa shape index (κ1) is 28.5. The van der Waals surface area contributed by atoms with E-state index in [1.54, 1.807) is 12.0 Å². The maximum absolute atomic E-state index is 13.1. The van der Waals surface area contributed by atoms with Crippen molar-refractivity contribution in [1.82, 2.24) is 4.90 Å². The predicted octanol–water partition coefficient (Wildman–Crippen LogP) is 6.39. The first-order chi connectivity index (χ1) is 18.1. The van der Waals surface area contributed by atoms with Crippen LogP contribution in [0.5, 0.6) is 5.75 Å². The summed E-state index contributed by atoms with van der Waals surface area (Å²) < 4.78 is 16.9. The Hall–Kier alpha value is -3.09. The zero-order chi connectivity index (χ0) is 26.5. The van der Waals surface area contributed by atoms with Crippen molar-refractivity contribution < 1.29 is 24.1 Å². The molecule has 0 saturated carbocycles. The van der Waals surface area contributed by atoms with Crippen LogP contribution in [0.2, 0.25) is 0 Å². The Bertz CT molecular complexity index is 975. The molecule has 1 heterocycles. The van der Waals surface area contributed by atoms with E-state index >= 15 is 0 Å². The summed E-state index contributed by atoms with van der Waals surface area (Å²) in [6.45, 7) is 7.00. The molecule has 4 atom stereocenters. The van der Waals surface area contributed by atoms with E-state index in [4.69, 9.17) is 14.2 Å². The number of rotatable bonds is 16. The average Bonchev–Trinajstić information content (AvgIpc) is 3.26. The van der Waals surface area contributed by atoms with Crippen molar-refractivity contribution in [2.45, 2.75) is 76.3 Å². The normalized spacial score (nSPS) is 19.1. The van der Waals surface area contributed by atoms with Gasteiger partial charge < -0.3 is 19.3 Å². The summed E-state index contributed by atoms with van der Waals surface area (Å²) in [5.74, 6) is 0.809. The molecule has 1 aliphatic heterocycles. The van der Waals surface area contributed by atoms with Crippen molar-refractivity contribution in [2.75, 3.05) is 13.7 Å². The van der Waals surface area contributed by atoms with Gasteiger partial charge in [-0.25, -0.2) is 4.79 Å². The van der Waals surface area contributed by atoms with Gasteiger partial charge >= 0.3 is 6.09 Å². The first-order valence-corrected chi connectivity index (χ1v) is 13.3. The van der Waals surface area contributed by atoms with Crippen molar-refractivity contribution in [3.63, 3.8) is 0 Å². The number of carbonyl (C=O) groups is 1. The maximum atomic E-state index is 13.1. The summed E-state index contributed by atoms with van der Waals surface area (Å²) in [5, 5.41) is 11.0. The molecular weight excluding hydrogens is 466 g/mol. The Balaban J connectivity index is 1.71. The number of cyclic esters (lactones) is 1. The first-order valence-electron chi connectivity index (χ1n) is 13.3. The van der Waals surface area contributed by atoms with E-state index < -0.39 is 18.3 Å². The number of nitrogens with zero attached hydrogens (tertiary/aromatic N) is 1. The second kappa shape index (κ2) is 15.2. The number of carbonyl (C=O) groups excluding carboxylic acids is 1. The SMILES string of the molecule is C=CC[C@H](CCOCc1ccc(OC)cc1)N1C(=O)O[C@@H]([C@@H](O)CCCCC)[C@H]1/C=C/c1ccccc1. The molecule has 1 amide bonds. The molecule has 0 radical (unpaired) electrons. The molecule has 6 heteroatoms. The van der Waals surface area contributed by atoms with Gasteiger partial charge in [-0.15, -0.1) is 6.58 Å². The van der Waals surface area contributed by atoms with E-state index in [9.17, 15) is 9.90 Å². The predicted molar refractivity (Wildman–Crippen MR) is 147 cm³/mol. The third-order valence-corrected chi connectivity index (χ3v) is 6.73. The van der Waals surface area contributed by atoms with Crippen LogP contribution in [-0.4, -0.2) is 54.1 Å². The number of ether oxygens (including phenoxy) is 3. The second-order valence-corrected chi connectivity index (χ2v) is 9.45. The monoisotopic (exact) mass is 507 g/mol. The van der Waals surface area contributed by atoms with Crippen molar-refractivity contribution in [1.29, 1.82) is 0 Å². The summed E-state index contributed by atoms with van der Waals surface area (Å²) in [6, 6.07) is 17.2. The van der Waals surface area contributed by atoms with Gasteiger partial charge in [-0.1, -0.05) is 86.9 Å². The van der Waals surface area contributed by atoms with Crippen LogP contribution in [0.15, 0.2) is 73.3 Å². The maximum Gasteiger partial charge on any atom is 0.411 e. The fraction of sp³-hybridized carbons (Fsp3) is 0.452. The van der Waals surface area contributed by atoms with Gasteiger partial charge in [0, 0.05) is 12.6 Å². The molecule has 0 aliphatic carbocycles. The van der Waals surface area contributed by atoms with E-state index in [-0.39, 0.29) is 12.1 Å². The Morgan fingerprint density at radius 2 is 1.86 bits per heavy atom. The van der Waals surface area contributed by atoms with Gasteiger partial charge in [0.25, 0.3) is 0 Å². The summed E-state index contributed by atoms with van der Waals surface area (Å²) >= 11 is 0. The molecule has 1 aliphatic rings. The molecule has 0 aromatic heterocycles. The summed E-state index contributed by atoms with van der Waals surface area (Å²) in [7, 11) is 1.64. The van der Waals surface area contributed by atoms with E-state index in [0.29, 0.717) is 32.5 Å². The van der Waals surface area contributed by atoms with Crippen molar-refractivity contribution >= 4 is 12.2 Å². The minimum absolute atomic E-state index is 0.154. The van der Waals surface area contributed by atoms with Crippen molar-refractivity contribution in [2.24, 2.45) is 0 Å². The Morgan fingerprint density at radius 3 is 2.54 bits per heavy atom. The molecule has 200 valence electrons. The fourth-order valence-corrected chi connectivity index (χ4v) is 4.66. The third kappa shape index (κ3) is 8.48. The molecular formula is C31H41NO5. The van der Waals surface area contributed by atoms with E-state index in [0.717, 1.165) is 36.1 Å². The lowest BCUT2D eigenvalue weighted by Gasteiger charge is -2.31. The lowest BCUT2D eigenvalue weighted by Crippen LogP contribution is -2.45. The van der Waals surface area contributed by atoms with E-state index in [2.05, 4.69) is 13.5 Å². The smallest absolute Gasteiger partial charge is 0.411 e. The summed E-state index contributed by atoms with van der Waals surface area (Å²) in [5.41, 5.74) is 2.09. The lowest BCUT2D eigenvalue weighted by atomic mass is 9.97. The zero-order valence-electron chi connectivity index (χ0n) is 22.1. The van der Waals surface area contributed by atoms with Crippen molar-refractivity contribution in [3.8, 4) is 5.75 Å². The molecule has 1 saturated heterocycles. The minimum atomic E-state index is -0.721. The topological polar surface area (TPSA) is 68.2 Å². The Kier molecular flexibility index (Phi) is 11.7. The van der Waals surface area contributed by atoms with Crippen LogP contribution >= 0.6 is 0 Å². The number of hydrogen-bond donors (Lipinski definition) is 1. The van der Waals surface area contributed by atoms with Gasteiger partial charge in [0.1, 0.15) is 5.75 Å². The highest BCUT2D eigenvalue weighted by Gasteiger charge is 2.46. The zero-order valence-corrected chi connectivity index (χ0v) is 22.1. The number of amides is 1. The van der Waals surface area contributed by atoms with Crippen LogP contribution in [0, 0.1) is 0 Å². The number of aliphatic hydroxyl groups is 1. The largest absolute Gasteiger partial charge is 0.497 e. The number of unbranched alkanes of at least 4 members (excludes halogenated alkanes) is 2. The van der Waals surface area contributed by atoms with Gasteiger partial charge in [0.2, 0.25) is 0 Å². The Morgan fingerprint density at radius 1 is 1.11 bits per heavy atom. The second-order valence-electron chi connectivity index (χ2n) is 9.45. The summed E-state index contributed by atoms with van der Waals surface area (Å²) in [4.78, 5) is 14.9. The molecule has 37 heavy (non-hydrogen) atoms. The third-order valence-electron chi connectivity index (χ3n) is 6.73. The molecule has 0 spiro atoms. The highest BCUT2D eigenvalue weighted by atomic mass is 16.6. The molecule has 0 unspecified atom stereocenters. The fourth-order valence-electron chi connectivity index (χ4n) is 4.66. The molecule has 1 fully saturated rings. The summed E-state index contributed by atoms with van der Waals surface area (Å²) in [6.07, 6.45) is 8.92. The van der Waals surface area contributed by atoms with Gasteiger partial charge in [-0.2, -0.15) is 0 Å². The lowest BCUT2D eigenvalue weighted by molar-refractivity contribution is 0.0175. The number of benzene rings is 2. The standard InChI is InChI=1S/C31H41NO5/c1-4-6-8-14-29(33)30-28(20-17-24-12-9-7-10-13-24)32(31(34)37-30)26(11-5-2)21-22-36-23-25-15-18-27(35-3)19-16-25/h5,7,9-10,12-13,15-20,26,28-30,33H,2,4,6,8,11,14,21-23H2,1,3H3/b20-17+/t26-,28-,29+,30-/m1/s1. The van der Waals surface area contributed by atoms with Crippen LogP contribution in [-0.2, 0) is 16.1 Å². The number of methoxy groups -OCH3 is 1. The molecule has 2 aromatic carbocycles. The molecule has 1 N–H and O–H groups in total. The van der Waals surface area contributed by atoms with Gasteiger partial charge in [-0.3, -0.25) is 4.90 Å². The van der Waals surface area contributed by atoms with E-state index in [1.165, 1.54) is 0 Å². The molecule has 2 aromatic rings. The van der Waals surface area contributed by atoms with E-state index in [1.807, 2.05) is 72.8 Å². The van der Waals surface area contributed by atoms with Crippen LogP contribution < -0.4 is 4.74 Å². The van der Waals surface area contributed by atoms with Gasteiger partial charge in [0.15, 0.2) is 6.10 Å². The van der Waals surface area contributed by atoms with Crippen LogP contribution in [0.3, 0.4) is 0 Å². The number of aliphatic hydroxyl groups excluding tert-OH is 1. The van der Waals surface area contributed by atoms with Crippen molar-refractivity contribution in [3.05, 3.63) is 84.5 Å². The molecule has 0 bridgehead atoms. The highest BCUT2D eigenvalue weighted by Crippen LogP contribution is 2.30. The number of hydrogen-bond acceptors (Lipinski definition) is 5. The average molecular weight is 508 g/mol. The van der Waals surface area contributed by atoms with Crippen LogP contribution in [0.4, 0.5) is 4.79 Å². The van der Waals surface area contributed by atoms with Gasteiger partial charge in [-0.05, 0) is 42.5 Å². The quantitative estimate of drug-likeness (QED) is 0.211. The van der Waals surface area contributed by atoms with Gasteiger partial charge in [0.05, 0.1) is 25.9 Å². The molecule has 6 nitrogen and oxygen atoms in total. The Labute approximate surface area is 221 Å². The highest BCUT2D eigenvalue weighted by molar-refractivity contribution is 5.72. The molecule has 3 rings (SSSR count). The minimum Gasteiger partial charge on any atom is -0.497 e. The van der Waals surface area contributed by atoms with Crippen LogP contribution in [0.25, 0.3) is 6.08 Å².